The van der Waals surface area contributed by atoms with E-state index >= 15 is 0 Å². The summed E-state index contributed by atoms with van der Waals surface area (Å²) in [5.41, 5.74) is 6.90. The summed E-state index contributed by atoms with van der Waals surface area (Å²) < 4.78 is 0.811. The van der Waals surface area contributed by atoms with E-state index in [4.69, 9.17) is 17.3 Å². The van der Waals surface area contributed by atoms with E-state index in [-0.39, 0.29) is 5.78 Å². The van der Waals surface area contributed by atoms with E-state index in [1.807, 2.05) is 0 Å². The Labute approximate surface area is 96.6 Å². The molecule has 0 saturated carbocycles. The molecular weight excluding hydrogens is 265 g/mol. The highest BCUT2D eigenvalue weighted by atomic mass is 79.9. The minimum Gasteiger partial charge on any atom is -0.398 e. The van der Waals surface area contributed by atoms with Crippen LogP contribution in [-0.4, -0.2) is 11.7 Å². The third-order valence-electron chi connectivity index (χ3n) is 1.86. The highest BCUT2D eigenvalue weighted by Crippen LogP contribution is 2.21. The molecule has 76 valence electrons. The number of alkyl halides is 1. The van der Waals surface area contributed by atoms with Crippen molar-refractivity contribution in [1.82, 2.24) is 0 Å². The smallest absolute Gasteiger partial charge is 0.162 e. The first-order valence-corrected chi connectivity index (χ1v) is 5.62. The normalized spacial score (nSPS) is 10.1. The molecule has 0 spiro atoms. The highest BCUT2D eigenvalue weighted by Gasteiger charge is 2.06. The van der Waals surface area contributed by atoms with E-state index in [1.165, 1.54) is 0 Å². The van der Waals surface area contributed by atoms with Crippen molar-refractivity contribution in [3.63, 3.8) is 0 Å². The van der Waals surface area contributed by atoms with Gasteiger partial charge in [-0.05, 0) is 34.5 Å². The second-order valence-electron chi connectivity index (χ2n) is 2.95. The molecule has 0 saturated heterocycles. The van der Waals surface area contributed by atoms with E-state index in [0.29, 0.717) is 30.0 Å². The van der Waals surface area contributed by atoms with Gasteiger partial charge in [-0.1, -0.05) is 6.07 Å². The van der Waals surface area contributed by atoms with Crippen LogP contribution in [-0.2, 0) is 0 Å². The lowest BCUT2D eigenvalue weighted by Gasteiger charge is -2.02. The molecule has 1 rings (SSSR count). The standard InChI is InChI=1S/C10H11BrClNO/c11-8-4-3-7(6-9(8)13)10(14)2-1-5-12/h3-4,6H,1-2,5,13H2. The summed E-state index contributed by atoms with van der Waals surface area (Å²) in [7, 11) is 0. The van der Waals surface area contributed by atoms with Crippen molar-refractivity contribution in [3.05, 3.63) is 28.2 Å². The summed E-state index contributed by atoms with van der Waals surface area (Å²) in [4.78, 5) is 11.5. The average molecular weight is 277 g/mol. The zero-order valence-corrected chi connectivity index (χ0v) is 9.94. The number of rotatable bonds is 4. The van der Waals surface area contributed by atoms with Crippen LogP contribution in [0.4, 0.5) is 5.69 Å². The van der Waals surface area contributed by atoms with Gasteiger partial charge in [-0.15, -0.1) is 11.6 Å². The van der Waals surface area contributed by atoms with Gasteiger partial charge in [-0.25, -0.2) is 0 Å². The molecule has 0 aliphatic carbocycles. The van der Waals surface area contributed by atoms with Gasteiger partial charge < -0.3 is 5.73 Å². The van der Waals surface area contributed by atoms with Crippen LogP contribution in [0.25, 0.3) is 0 Å². The number of ketones is 1. The molecule has 0 fully saturated rings. The van der Waals surface area contributed by atoms with Crippen molar-refractivity contribution in [2.45, 2.75) is 12.8 Å². The van der Waals surface area contributed by atoms with Crippen molar-refractivity contribution in [2.24, 2.45) is 0 Å². The van der Waals surface area contributed by atoms with Crippen molar-refractivity contribution in [1.29, 1.82) is 0 Å². The Morgan fingerprint density at radius 3 is 2.79 bits per heavy atom. The maximum atomic E-state index is 11.5. The average Bonchev–Trinajstić information content (AvgIpc) is 2.18. The maximum Gasteiger partial charge on any atom is 0.162 e. The Morgan fingerprint density at radius 2 is 2.21 bits per heavy atom. The molecule has 0 atom stereocenters. The van der Waals surface area contributed by atoms with Crippen molar-refractivity contribution >= 4 is 39.0 Å². The molecule has 0 heterocycles. The second-order valence-corrected chi connectivity index (χ2v) is 4.18. The van der Waals surface area contributed by atoms with Crippen LogP contribution < -0.4 is 5.73 Å². The summed E-state index contributed by atoms with van der Waals surface area (Å²) in [6, 6.07) is 5.22. The van der Waals surface area contributed by atoms with Gasteiger partial charge in [0.25, 0.3) is 0 Å². The van der Waals surface area contributed by atoms with Gasteiger partial charge in [0.15, 0.2) is 5.78 Å². The SMILES string of the molecule is Nc1cc(C(=O)CCCCl)ccc1Br. The Balaban J connectivity index is 2.76. The Kier molecular flexibility index (Phi) is 4.42. The topological polar surface area (TPSA) is 43.1 Å². The first-order chi connectivity index (χ1) is 6.65. The molecule has 0 radical (unpaired) electrons. The highest BCUT2D eigenvalue weighted by molar-refractivity contribution is 9.10. The number of hydrogen-bond acceptors (Lipinski definition) is 2. The fourth-order valence-corrected chi connectivity index (χ4v) is 1.47. The van der Waals surface area contributed by atoms with Crippen molar-refractivity contribution in [2.75, 3.05) is 11.6 Å². The number of anilines is 1. The number of nitrogen functional groups attached to an aromatic ring is 1. The van der Waals surface area contributed by atoms with Gasteiger partial charge in [-0.3, -0.25) is 4.79 Å². The fraction of sp³-hybridized carbons (Fsp3) is 0.300. The fourth-order valence-electron chi connectivity index (χ4n) is 1.09. The third-order valence-corrected chi connectivity index (χ3v) is 2.84. The van der Waals surface area contributed by atoms with Crippen LogP contribution in [0.3, 0.4) is 0 Å². The van der Waals surface area contributed by atoms with E-state index in [2.05, 4.69) is 15.9 Å². The number of benzene rings is 1. The number of hydrogen-bond donors (Lipinski definition) is 1. The number of carbonyl (C=O) groups is 1. The lowest BCUT2D eigenvalue weighted by Crippen LogP contribution is -2.00. The molecule has 0 amide bonds. The van der Waals surface area contributed by atoms with Crippen LogP contribution in [0, 0.1) is 0 Å². The Morgan fingerprint density at radius 1 is 1.50 bits per heavy atom. The van der Waals surface area contributed by atoms with Gasteiger partial charge in [0.05, 0.1) is 0 Å². The molecule has 4 heteroatoms. The molecule has 0 bridgehead atoms. The van der Waals surface area contributed by atoms with Crippen LogP contribution in [0.1, 0.15) is 23.2 Å². The summed E-state index contributed by atoms with van der Waals surface area (Å²) in [6.45, 7) is 0. The molecular formula is C10H11BrClNO. The van der Waals surface area contributed by atoms with E-state index in [9.17, 15) is 4.79 Å². The third kappa shape index (κ3) is 3.00. The summed E-state index contributed by atoms with van der Waals surface area (Å²) in [6.07, 6.45) is 1.18. The van der Waals surface area contributed by atoms with Gasteiger partial charge in [0.2, 0.25) is 0 Å². The Bertz CT molecular complexity index is 341. The predicted molar refractivity (Wildman–Crippen MR) is 62.8 cm³/mol. The molecule has 0 aliphatic rings. The minimum atomic E-state index is 0.0878. The maximum absolute atomic E-state index is 11.5. The molecule has 1 aromatic rings. The van der Waals surface area contributed by atoms with Crippen LogP contribution in [0.5, 0.6) is 0 Å². The molecule has 1 aromatic carbocycles. The van der Waals surface area contributed by atoms with Crippen molar-refractivity contribution in [3.8, 4) is 0 Å². The summed E-state index contributed by atoms with van der Waals surface area (Å²) in [5.74, 6) is 0.599. The molecule has 2 nitrogen and oxygen atoms in total. The first-order valence-electron chi connectivity index (χ1n) is 4.29. The summed E-state index contributed by atoms with van der Waals surface area (Å²) >= 11 is 8.78. The predicted octanol–water partition coefficient (Wildman–Crippen LogP) is 3.23. The molecule has 14 heavy (non-hydrogen) atoms. The van der Waals surface area contributed by atoms with Gasteiger partial charge in [0, 0.05) is 28.0 Å². The van der Waals surface area contributed by atoms with Crippen LogP contribution >= 0.6 is 27.5 Å². The van der Waals surface area contributed by atoms with Gasteiger partial charge >= 0.3 is 0 Å². The zero-order valence-electron chi connectivity index (χ0n) is 7.59. The number of nitrogens with two attached hydrogens (primary N) is 1. The minimum absolute atomic E-state index is 0.0878. The molecule has 0 unspecified atom stereocenters. The largest absolute Gasteiger partial charge is 0.398 e. The number of carbonyl (C=O) groups excluding carboxylic acids is 1. The Hall–Kier alpha value is -0.540. The molecule has 2 N–H and O–H groups in total. The van der Waals surface area contributed by atoms with Gasteiger partial charge in [-0.2, -0.15) is 0 Å². The van der Waals surface area contributed by atoms with E-state index in [1.54, 1.807) is 18.2 Å². The number of Topliss-reactive ketones (excluding diaryl/α,β-unsaturated/α-hetero) is 1. The first kappa shape index (κ1) is 11.5. The zero-order chi connectivity index (χ0) is 10.6. The summed E-state index contributed by atoms with van der Waals surface area (Å²) in [5, 5.41) is 0. The van der Waals surface area contributed by atoms with E-state index in [0.717, 1.165) is 4.47 Å². The lowest BCUT2D eigenvalue weighted by atomic mass is 10.1. The van der Waals surface area contributed by atoms with Crippen LogP contribution in [0.2, 0.25) is 0 Å². The van der Waals surface area contributed by atoms with E-state index < -0.39 is 0 Å². The van der Waals surface area contributed by atoms with Crippen molar-refractivity contribution < 1.29 is 4.79 Å². The second kappa shape index (κ2) is 5.37. The van der Waals surface area contributed by atoms with Gasteiger partial charge in [0.1, 0.15) is 0 Å². The number of halogens is 2. The monoisotopic (exact) mass is 275 g/mol. The molecule has 0 aromatic heterocycles. The van der Waals surface area contributed by atoms with Crippen LogP contribution in [0.15, 0.2) is 22.7 Å². The molecule has 0 aliphatic heterocycles. The lowest BCUT2D eigenvalue weighted by molar-refractivity contribution is 0.0982. The quantitative estimate of drug-likeness (QED) is 0.521.